The lowest BCUT2D eigenvalue weighted by atomic mass is 9.94. The van der Waals surface area contributed by atoms with E-state index in [-0.39, 0.29) is 12.5 Å². The molecule has 2 rings (SSSR count). The highest BCUT2D eigenvalue weighted by atomic mass is 16.3. The molecule has 0 spiro atoms. The van der Waals surface area contributed by atoms with E-state index in [0.29, 0.717) is 6.54 Å². The Bertz CT molecular complexity index is 464. The van der Waals surface area contributed by atoms with E-state index in [1.54, 1.807) is 0 Å². The number of rotatable bonds is 5. The summed E-state index contributed by atoms with van der Waals surface area (Å²) in [5, 5.41) is 9.01. The minimum Gasteiger partial charge on any atom is -0.396 e. The Hall–Kier alpha value is -1.64. The molecule has 1 atom stereocenters. The first-order valence-corrected chi connectivity index (χ1v) is 6.31. The predicted molar refractivity (Wildman–Crippen MR) is 75.4 cm³/mol. The second-order valence-corrected chi connectivity index (χ2v) is 4.43. The van der Waals surface area contributed by atoms with Gasteiger partial charge in [0.2, 0.25) is 0 Å². The van der Waals surface area contributed by atoms with E-state index < -0.39 is 0 Å². The van der Waals surface area contributed by atoms with Crippen molar-refractivity contribution in [3.8, 4) is 11.1 Å². The van der Waals surface area contributed by atoms with Gasteiger partial charge in [0, 0.05) is 6.61 Å². The van der Waals surface area contributed by atoms with Gasteiger partial charge in [0.1, 0.15) is 0 Å². The molecule has 3 N–H and O–H groups in total. The van der Waals surface area contributed by atoms with Crippen LogP contribution in [0, 0.1) is 0 Å². The first kappa shape index (κ1) is 12.8. The fourth-order valence-corrected chi connectivity index (χ4v) is 2.15. The molecule has 0 amide bonds. The highest BCUT2D eigenvalue weighted by Crippen LogP contribution is 2.23. The van der Waals surface area contributed by atoms with Crippen molar-refractivity contribution in [3.63, 3.8) is 0 Å². The molecule has 0 saturated carbocycles. The van der Waals surface area contributed by atoms with Crippen molar-refractivity contribution >= 4 is 0 Å². The zero-order valence-corrected chi connectivity index (χ0v) is 10.4. The first-order valence-electron chi connectivity index (χ1n) is 6.31. The third-order valence-electron chi connectivity index (χ3n) is 3.25. The smallest absolute Gasteiger partial charge is 0.0437 e. The van der Waals surface area contributed by atoms with Gasteiger partial charge < -0.3 is 10.8 Å². The minimum absolute atomic E-state index is 0.183. The number of nitrogens with two attached hydrogens (primary N) is 1. The highest BCUT2D eigenvalue weighted by molar-refractivity contribution is 5.63. The van der Waals surface area contributed by atoms with Gasteiger partial charge in [-0.05, 0) is 35.6 Å². The molecular formula is C16H19NO. The van der Waals surface area contributed by atoms with Crippen molar-refractivity contribution in [2.75, 3.05) is 13.2 Å². The average molecular weight is 241 g/mol. The molecule has 2 heteroatoms. The van der Waals surface area contributed by atoms with E-state index in [4.69, 9.17) is 10.8 Å². The van der Waals surface area contributed by atoms with E-state index in [1.807, 2.05) is 18.2 Å². The summed E-state index contributed by atoms with van der Waals surface area (Å²) in [6.07, 6.45) is 0.723. The molecule has 0 aliphatic rings. The molecule has 1 unspecified atom stereocenters. The van der Waals surface area contributed by atoms with Gasteiger partial charge in [-0.25, -0.2) is 0 Å². The summed E-state index contributed by atoms with van der Waals surface area (Å²) >= 11 is 0. The number of hydrogen-bond acceptors (Lipinski definition) is 2. The van der Waals surface area contributed by atoms with Crippen LogP contribution in [0.4, 0.5) is 0 Å². The second kappa shape index (κ2) is 6.34. The van der Waals surface area contributed by atoms with Crippen molar-refractivity contribution in [3.05, 3.63) is 60.2 Å². The van der Waals surface area contributed by atoms with Crippen LogP contribution < -0.4 is 5.73 Å². The number of benzene rings is 2. The Kier molecular flexibility index (Phi) is 4.51. The first-order chi connectivity index (χ1) is 8.85. The third-order valence-corrected chi connectivity index (χ3v) is 3.25. The SMILES string of the molecule is NCC(CCO)c1ccc(-c2ccccc2)cc1. The summed E-state index contributed by atoms with van der Waals surface area (Å²) in [6, 6.07) is 18.7. The van der Waals surface area contributed by atoms with E-state index in [0.717, 1.165) is 6.42 Å². The van der Waals surface area contributed by atoms with E-state index in [1.165, 1.54) is 16.7 Å². The standard InChI is InChI=1S/C16H19NO/c17-12-16(10-11-18)15-8-6-14(7-9-15)13-4-2-1-3-5-13/h1-9,16,18H,10-12,17H2. The van der Waals surface area contributed by atoms with Crippen LogP contribution in [0.25, 0.3) is 11.1 Å². The zero-order valence-electron chi connectivity index (χ0n) is 10.4. The molecule has 2 aromatic carbocycles. The van der Waals surface area contributed by atoms with Crippen LogP contribution in [0.3, 0.4) is 0 Å². The van der Waals surface area contributed by atoms with Crippen LogP contribution in [0.15, 0.2) is 54.6 Å². The molecule has 0 aromatic heterocycles. The normalized spacial score (nSPS) is 12.3. The molecule has 0 saturated heterocycles. The van der Waals surface area contributed by atoms with Crippen LogP contribution in [0.1, 0.15) is 17.9 Å². The molecule has 0 heterocycles. The molecule has 2 nitrogen and oxygen atoms in total. The van der Waals surface area contributed by atoms with Crippen LogP contribution >= 0.6 is 0 Å². The van der Waals surface area contributed by atoms with Crippen molar-refractivity contribution < 1.29 is 5.11 Å². The molecule has 0 aliphatic heterocycles. The van der Waals surface area contributed by atoms with E-state index >= 15 is 0 Å². The maximum Gasteiger partial charge on any atom is 0.0437 e. The largest absolute Gasteiger partial charge is 0.396 e. The fraction of sp³-hybridized carbons (Fsp3) is 0.250. The monoisotopic (exact) mass is 241 g/mol. The number of hydrogen-bond donors (Lipinski definition) is 2. The van der Waals surface area contributed by atoms with Crippen LogP contribution in [-0.4, -0.2) is 18.3 Å². The maximum absolute atomic E-state index is 9.01. The van der Waals surface area contributed by atoms with Gasteiger partial charge in [0.05, 0.1) is 0 Å². The van der Waals surface area contributed by atoms with Crippen LogP contribution in [0.2, 0.25) is 0 Å². The molecule has 2 aromatic rings. The van der Waals surface area contributed by atoms with Crippen molar-refractivity contribution in [1.82, 2.24) is 0 Å². The number of aliphatic hydroxyl groups excluding tert-OH is 1. The summed E-state index contributed by atoms with van der Waals surface area (Å²) in [4.78, 5) is 0. The van der Waals surface area contributed by atoms with E-state index in [9.17, 15) is 0 Å². The summed E-state index contributed by atoms with van der Waals surface area (Å²) in [7, 11) is 0. The Balaban J connectivity index is 2.19. The molecule has 0 radical (unpaired) electrons. The Labute approximate surface area is 108 Å². The van der Waals surface area contributed by atoms with Crippen molar-refractivity contribution in [1.29, 1.82) is 0 Å². The number of aliphatic hydroxyl groups is 1. The topological polar surface area (TPSA) is 46.2 Å². The molecule has 0 fully saturated rings. The molecular weight excluding hydrogens is 222 g/mol. The van der Waals surface area contributed by atoms with Gasteiger partial charge in [-0.15, -0.1) is 0 Å². The Morgan fingerprint density at radius 2 is 1.50 bits per heavy atom. The van der Waals surface area contributed by atoms with E-state index in [2.05, 4.69) is 36.4 Å². The predicted octanol–water partition coefficient (Wildman–Crippen LogP) is 2.78. The van der Waals surface area contributed by atoms with Gasteiger partial charge in [-0.3, -0.25) is 0 Å². The minimum atomic E-state index is 0.183. The maximum atomic E-state index is 9.01. The van der Waals surface area contributed by atoms with Gasteiger partial charge in [0.25, 0.3) is 0 Å². The summed E-state index contributed by atoms with van der Waals surface area (Å²) in [5.41, 5.74) is 9.35. The highest BCUT2D eigenvalue weighted by Gasteiger charge is 2.08. The lowest BCUT2D eigenvalue weighted by Crippen LogP contribution is -2.13. The van der Waals surface area contributed by atoms with Gasteiger partial charge in [0.15, 0.2) is 0 Å². The Morgan fingerprint density at radius 3 is 2.06 bits per heavy atom. The fourth-order valence-electron chi connectivity index (χ4n) is 2.15. The quantitative estimate of drug-likeness (QED) is 0.845. The van der Waals surface area contributed by atoms with Crippen LogP contribution in [0.5, 0.6) is 0 Å². The second-order valence-electron chi connectivity index (χ2n) is 4.43. The average Bonchev–Trinajstić information content (AvgIpc) is 2.46. The van der Waals surface area contributed by atoms with Gasteiger partial charge in [-0.2, -0.15) is 0 Å². The van der Waals surface area contributed by atoms with Gasteiger partial charge >= 0.3 is 0 Å². The summed E-state index contributed by atoms with van der Waals surface area (Å²) < 4.78 is 0. The third kappa shape index (κ3) is 2.97. The molecule has 18 heavy (non-hydrogen) atoms. The van der Waals surface area contributed by atoms with Crippen molar-refractivity contribution in [2.45, 2.75) is 12.3 Å². The molecule has 0 aliphatic carbocycles. The van der Waals surface area contributed by atoms with Gasteiger partial charge in [-0.1, -0.05) is 54.6 Å². The van der Waals surface area contributed by atoms with Crippen LogP contribution in [-0.2, 0) is 0 Å². The van der Waals surface area contributed by atoms with Crippen molar-refractivity contribution in [2.24, 2.45) is 5.73 Å². The zero-order chi connectivity index (χ0) is 12.8. The Morgan fingerprint density at radius 1 is 0.889 bits per heavy atom. The molecule has 0 bridgehead atoms. The summed E-state index contributed by atoms with van der Waals surface area (Å²) in [5.74, 6) is 0.250. The lowest BCUT2D eigenvalue weighted by molar-refractivity contribution is 0.276. The summed E-state index contributed by atoms with van der Waals surface area (Å²) in [6.45, 7) is 0.757. The molecule has 94 valence electrons. The lowest BCUT2D eigenvalue weighted by Gasteiger charge is -2.14.